The van der Waals surface area contributed by atoms with Crippen molar-refractivity contribution in [3.05, 3.63) is 57.5 Å². The highest BCUT2D eigenvalue weighted by molar-refractivity contribution is 7.89. The molecule has 5 rings (SSSR count). The highest BCUT2D eigenvalue weighted by Crippen LogP contribution is 2.32. The Morgan fingerprint density at radius 3 is 2.54 bits per heavy atom. The number of urea groups is 1. The molecule has 0 saturated carbocycles. The number of sulfonamides is 1. The minimum Gasteiger partial charge on any atom is -0.357 e. The van der Waals surface area contributed by atoms with Gasteiger partial charge in [-0.1, -0.05) is 23.7 Å². The minimum atomic E-state index is -3.94. The maximum Gasteiger partial charge on any atom is 0.314 e. The summed E-state index contributed by atoms with van der Waals surface area (Å²) in [5, 5.41) is 4.83. The Morgan fingerprint density at radius 1 is 1.08 bits per heavy atom. The van der Waals surface area contributed by atoms with Crippen molar-refractivity contribution in [3.63, 3.8) is 0 Å². The molecule has 3 N–H and O–H groups in total. The fourth-order valence-corrected chi connectivity index (χ4v) is 7.66. The van der Waals surface area contributed by atoms with E-state index in [0.717, 1.165) is 22.1 Å². The number of nitrogens with one attached hydrogen (secondary N) is 1. The van der Waals surface area contributed by atoms with Gasteiger partial charge < -0.3 is 20.9 Å². The molecule has 2 aliphatic heterocycles. The van der Waals surface area contributed by atoms with Crippen LogP contribution in [0, 0.1) is 0 Å². The van der Waals surface area contributed by atoms with E-state index in [2.05, 4.69) is 10.3 Å². The number of carbonyl (C=O) groups is 3. The topological polar surface area (TPSA) is 146 Å². The Morgan fingerprint density at radius 2 is 1.82 bits per heavy atom. The summed E-state index contributed by atoms with van der Waals surface area (Å²) in [6.45, 7) is 0.855. The summed E-state index contributed by atoms with van der Waals surface area (Å²) in [6.07, 6.45) is 2.34. The van der Waals surface area contributed by atoms with Crippen LogP contribution >= 0.6 is 22.9 Å². The number of likely N-dealkylation sites (N-methyl/N-ethyl adjacent to an activating group) is 1. The lowest BCUT2D eigenvalue weighted by Gasteiger charge is -2.39. The van der Waals surface area contributed by atoms with Gasteiger partial charge in [-0.15, -0.1) is 11.3 Å². The summed E-state index contributed by atoms with van der Waals surface area (Å²) >= 11 is 7.26. The molecule has 11 nitrogen and oxygen atoms in total. The Kier molecular flexibility index (Phi) is 7.51. The zero-order chi connectivity index (χ0) is 27.9. The van der Waals surface area contributed by atoms with Gasteiger partial charge in [0.1, 0.15) is 6.04 Å². The van der Waals surface area contributed by atoms with Gasteiger partial charge in [0, 0.05) is 61.8 Å². The molecule has 2 atom stereocenters. The first kappa shape index (κ1) is 27.3. The molecule has 3 aromatic rings. The Labute approximate surface area is 234 Å². The van der Waals surface area contributed by atoms with E-state index in [1.807, 2.05) is 0 Å². The van der Waals surface area contributed by atoms with Gasteiger partial charge in [0.25, 0.3) is 5.91 Å². The third-order valence-corrected chi connectivity index (χ3v) is 10.4. The summed E-state index contributed by atoms with van der Waals surface area (Å²) in [5.41, 5.74) is 5.38. The van der Waals surface area contributed by atoms with Crippen molar-refractivity contribution in [1.82, 2.24) is 24.4 Å². The lowest BCUT2D eigenvalue weighted by molar-refractivity contribution is -0.126. The lowest BCUT2D eigenvalue weighted by atomic mass is 10.1. The van der Waals surface area contributed by atoms with Crippen LogP contribution in [0.4, 0.5) is 4.79 Å². The molecule has 39 heavy (non-hydrogen) atoms. The number of hydrogen-bond acceptors (Lipinski definition) is 7. The van der Waals surface area contributed by atoms with Crippen LogP contribution in [0.3, 0.4) is 0 Å². The van der Waals surface area contributed by atoms with Crippen LogP contribution in [0.25, 0.3) is 10.8 Å². The van der Waals surface area contributed by atoms with Gasteiger partial charge in [0.05, 0.1) is 4.90 Å². The first-order valence-electron chi connectivity index (χ1n) is 12.3. The number of rotatable bonds is 5. The number of nitrogens with zero attached hydrogens (tertiary/aromatic N) is 4. The summed E-state index contributed by atoms with van der Waals surface area (Å²) in [5.74, 6) is -0.878. The molecule has 4 amide bonds. The molecular weight excluding hydrogens is 564 g/mol. The molecule has 14 heteroatoms. The van der Waals surface area contributed by atoms with Gasteiger partial charge in [-0.05, 0) is 41.5 Å². The van der Waals surface area contributed by atoms with Gasteiger partial charge >= 0.3 is 6.03 Å². The van der Waals surface area contributed by atoms with Crippen LogP contribution < -0.4 is 11.1 Å². The van der Waals surface area contributed by atoms with Crippen LogP contribution in [0.15, 0.2) is 47.5 Å². The third-order valence-electron chi connectivity index (χ3n) is 7.17. The Hall–Kier alpha value is -3.26. The van der Waals surface area contributed by atoms with Crippen LogP contribution in [0.1, 0.15) is 27.0 Å². The number of primary amides is 1. The number of nitrogens with two attached hydrogens (primary N) is 1. The van der Waals surface area contributed by atoms with Crippen molar-refractivity contribution in [1.29, 1.82) is 0 Å². The average molecular weight is 591 g/mol. The number of piperazine rings is 1. The third kappa shape index (κ3) is 5.31. The van der Waals surface area contributed by atoms with Crippen molar-refractivity contribution in [3.8, 4) is 0 Å². The second-order valence-corrected chi connectivity index (χ2v) is 12.9. The van der Waals surface area contributed by atoms with Crippen LogP contribution in [0.2, 0.25) is 5.02 Å². The first-order chi connectivity index (χ1) is 18.6. The Balaban J connectivity index is 1.35. The molecule has 2 aromatic carbocycles. The predicted molar refractivity (Wildman–Crippen MR) is 147 cm³/mol. The van der Waals surface area contributed by atoms with Gasteiger partial charge in [0.2, 0.25) is 15.9 Å². The van der Waals surface area contributed by atoms with Gasteiger partial charge in [-0.3, -0.25) is 9.59 Å². The molecule has 0 radical (unpaired) electrons. The van der Waals surface area contributed by atoms with Crippen molar-refractivity contribution >= 4 is 61.6 Å². The predicted octanol–water partition coefficient (Wildman–Crippen LogP) is 2.08. The van der Waals surface area contributed by atoms with Crippen LogP contribution in [0.5, 0.6) is 0 Å². The first-order valence-corrected chi connectivity index (χ1v) is 14.9. The number of thiazole rings is 1. The van der Waals surface area contributed by atoms with Crippen molar-refractivity contribution < 1.29 is 22.8 Å². The molecule has 0 spiro atoms. The largest absolute Gasteiger partial charge is 0.357 e. The molecule has 2 aliphatic rings. The SMILES string of the molecule is CNC(=O)C1CN(S(=O)(=O)c2ccc3cc(Cl)ccc3c2)CCN1C(=O)c1ncc(C2CCN(C(N)=O)C2)s1. The fraction of sp³-hybridized carbons (Fsp3) is 0.360. The molecule has 2 fully saturated rings. The molecule has 1 aromatic heterocycles. The number of benzene rings is 2. The number of fused-ring (bicyclic) bond motifs is 1. The van der Waals surface area contributed by atoms with Gasteiger partial charge in [0.15, 0.2) is 5.01 Å². The van der Waals surface area contributed by atoms with Crippen LogP contribution in [-0.2, 0) is 14.8 Å². The lowest BCUT2D eigenvalue weighted by Crippen LogP contribution is -2.61. The standard InChI is InChI=1S/C25H27ClN6O5S2/c1-28-22(33)20-14-31(39(36,37)19-5-3-15-10-18(26)4-2-16(15)11-19)8-9-32(20)24(34)23-29-12-21(38-23)17-6-7-30(13-17)25(27)35/h2-5,10-12,17,20H,6-9,13-14H2,1H3,(H2,27,35)(H,28,33). The highest BCUT2D eigenvalue weighted by Gasteiger charge is 2.41. The molecule has 0 bridgehead atoms. The molecule has 0 aliphatic carbocycles. The molecular formula is C25H27ClN6O5S2. The maximum absolute atomic E-state index is 13.5. The van der Waals surface area contributed by atoms with Crippen molar-refractivity contribution in [2.45, 2.75) is 23.3 Å². The maximum atomic E-state index is 13.5. The van der Waals surface area contributed by atoms with Crippen LogP contribution in [-0.4, -0.2) is 91.2 Å². The summed E-state index contributed by atoms with van der Waals surface area (Å²) in [4.78, 5) is 45.9. The second kappa shape index (κ2) is 10.7. The highest BCUT2D eigenvalue weighted by atomic mass is 35.5. The van der Waals surface area contributed by atoms with Gasteiger partial charge in [-0.25, -0.2) is 18.2 Å². The number of carbonyl (C=O) groups excluding carboxylic acids is 3. The average Bonchev–Trinajstić information content (AvgIpc) is 3.62. The van der Waals surface area contributed by atoms with Crippen molar-refractivity contribution in [2.24, 2.45) is 5.73 Å². The monoisotopic (exact) mass is 590 g/mol. The number of likely N-dealkylation sites (tertiary alicyclic amines) is 1. The van der Waals surface area contributed by atoms with E-state index in [4.69, 9.17) is 17.3 Å². The second-order valence-electron chi connectivity index (χ2n) is 9.48. The molecule has 2 unspecified atom stereocenters. The molecule has 2 saturated heterocycles. The number of hydrogen-bond donors (Lipinski definition) is 2. The van der Waals surface area contributed by atoms with E-state index in [1.54, 1.807) is 41.4 Å². The normalized spacial score (nSPS) is 20.4. The zero-order valence-electron chi connectivity index (χ0n) is 21.0. The van der Waals surface area contributed by atoms with E-state index < -0.39 is 33.9 Å². The van der Waals surface area contributed by atoms with E-state index in [9.17, 15) is 22.8 Å². The van der Waals surface area contributed by atoms with Crippen molar-refractivity contribution in [2.75, 3.05) is 39.8 Å². The minimum absolute atomic E-state index is 0.0210. The Bertz CT molecular complexity index is 1560. The summed E-state index contributed by atoms with van der Waals surface area (Å²) in [7, 11) is -2.50. The number of amides is 4. The quantitative estimate of drug-likeness (QED) is 0.465. The molecule has 3 heterocycles. The fourth-order valence-electron chi connectivity index (χ4n) is 5.00. The summed E-state index contributed by atoms with van der Waals surface area (Å²) in [6, 6.07) is 8.46. The smallest absolute Gasteiger partial charge is 0.314 e. The van der Waals surface area contributed by atoms with Gasteiger partial charge in [-0.2, -0.15) is 4.31 Å². The summed E-state index contributed by atoms with van der Waals surface area (Å²) < 4.78 is 28.3. The van der Waals surface area contributed by atoms with E-state index in [0.29, 0.717) is 18.1 Å². The van der Waals surface area contributed by atoms with E-state index in [-0.39, 0.29) is 35.5 Å². The molecule has 206 valence electrons. The number of halogens is 1. The van der Waals surface area contributed by atoms with E-state index >= 15 is 0 Å². The zero-order valence-corrected chi connectivity index (χ0v) is 23.4. The van der Waals surface area contributed by atoms with E-state index in [1.165, 1.54) is 33.7 Å². The number of aromatic nitrogens is 1.